The second-order valence-electron chi connectivity index (χ2n) is 5.61. The van der Waals surface area contributed by atoms with E-state index in [9.17, 15) is 0 Å². The zero-order valence-electron chi connectivity index (χ0n) is 12.9. The summed E-state index contributed by atoms with van der Waals surface area (Å²) in [5, 5.41) is 5.55. The molecule has 0 aliphatic carbocycles. The lowest BCUT2D eigenvalue weighted by molar-refractivity contribution is 0.888. The molecule has 0 aliphatic heterocycles. The number of aromatic nitrogens is 3. The molecule has 0 saturated carbocycles. The maximum Gasteiger partial charge on any atom is 0.0516 e. The fourth-order valence-corrected chi connectivity index (χ4v) is 3.65. The summed E-state index contributed by atoms with van der Waals surface area (Å²) in [6.07, 6.45) is 5.57. The Kier molecular flexibility index (Phi) is 3.67. The van der Waals surface area contributed by atoms with Crippen molar-refractivity contribution in [3.63, 3.8) is 0 Å². The maximum atomic E-state index is 4.62. The number of pyridine rings is 2. The molecule has 3 nitrogen and oxygen atoms in total. The van der Waals surface area contributed by atoms with Crippen molar-refractivity contribution in [3.8, 4) is 11.3 Å². The normalized spacial score (nSPS) is 11.2. The first-order valence-electron chi connectivity index (χ1n) is 7.69. The molecule has 0 aromatic carbocycles. The summed E-state index contributed by atoms with van der Waals surface area (Å²) in [5.41, 5.74) is 6.00. The molecule has 0 aliphatic rings. The van der Waals surface area contributed by atoms with Crippen LogP contribution in [-0.4, -0.2) is 14.5 Å². The lowest BCUT2D eigenvalue weighted by Gasteiger charge is -2.04. The molecule has 0 unspecified atom stereocenters. The summed E-state index contributed by atoms with van der Waals surface area (Å²) in [6, 6.07) is 12.6. The van der Waals surface area contributed by atoms with Crippen LogP contribution in [0.3, 0.4) is 0 Å². The highest BCUT2D eigenvalue weighted by molar-refractivity contribution is 7.08. The molecular formula is C19H19N3S. The number of aryl methyl sites for hydroxylation is 3. The number of nitrogens with zero attached hydrogens (tertiary/aromatic N) is 3. The predicted octanol–water partition coefficient (Wildman–Crippen LogP) is 4.73. The molecule has 4 aromatic heterocycles. The van der Waals surface area contributed by atoms with Crippen molar-refractivity contribution in [3.05, 3.63) is 70.9 Å². The van der Waals surface area contributed by atoms with Crippen LogP contribution in [0, 0.1) is 0 Å². The van der Waals surface area contributed by atoms with Crippen molar-refractivity contribution in [2.75, 3.05) is 0 Å². The largest absolute Gasteiger partial charge is 0.344 e. The zero-order chi connectivity index (χ0) is 15.6. The molecule has 0 N–H and O–H groups in total. The van der Waals surface area contributed by atoms with E-state index < -0.39 is 0 Å². The predicted molar refractivity (Wildman–Crippen MR) is 97.8 cm³/mol. The second kappa shape index (κ2) is 5.97. The van der Waals surface area contributed by atoms with Crippen LogP contribution in [0.2, 0.25) is 0 Å². The van der Waals surface area contributed by atoms with Crippen LogP contribution in [0.5, 0.6) is 0 Å². The molecule has 4 heterocycles. The van der Waals surface area contributed by atoms with Gasteiger partial charge in [0.1, 0.15) is 0 Å². The highest BCUT2D eigenvalue weighted by atomic mass is 32.1. The van der Waals surface area contributed by atoms with Gasteiger partial charge in [-0.1, -0.05) is 6.07 Å². The van der Waals surface area contributed by atoms with Crippen LogP contribution in [0.15, 0.2) is 59.6 Å². The highest BCUT2D eigenvalue weighted by Gasteiger charge is 2.12. The Balaban J connectivity index is 0.00000169. The van der Waals surface area contributed by atoms with Crippen LogP contribution < -0.4 is 0 Å². The van der Waals surface area contributed by atoms with E-state index in [1.807, 2.05) is 24.5 Å². The third-order valence-corrected chi connectivity index (χ3v) is 4.90. The molecule has 0 atom stereocenters. The Bertz CT molecular complexity index is 930. The van der Waals surface area contributed by atoms with Gasteiger partial charge in [0.05, 0.1) is 11.2 Å². The Hall–Kier alpha value is -2.46. The minimum absolute atomic E-state index is 0. The van der Waals surface area contributed by atoms with Crippen LogP contribution in [0.1, 0.15) is 12.8 Å². The monoisotopic (exact) mass is 321 g/mol. The van der Waals surface area contributed by atoms with Crippen molar-refractivity contribution in [1.29, 1.82) is 0 Å². The van der Waals surface area contributed by atoms with Gasteiger partial charge in [-0.15, -0.1) is 0 Å². The highest BCUT2D eigenvalue weighted by Crippen LogP contribution is 2.30. The van der Waals surface area contributed by atoms with Crippen LogP contribution in [0.4, 0.5) is 0 Å². The van der Waals surface area contributed by atoms with Gasteiger partial charge in [0.15, 0.2) is 0 Å². The fraction of sp³-hybridized carbons (Fsp3) is 0.158. The van der Waals surface area contributed by atoms with E-state index in [0.29, 0.717) is 0 Å². The first-order valence-corrected chi connectivity index (χ1v) is 8.63. The van der Waals surface area contributed by atoms with Gasteiger partial charge in [0, 0.05) is 48.6 Å². The summed E-state index contributed by atoms with van der Waals surface area (Å²) in [7, 11) is 2.12. The minimum Gasteiger partial charge on any atom is -0.344 e. The smallest absolute Gasteiger partial charge is 0.0516 e. The third-order valence-electron chi connectivity index (χ3n) is 4.21. The van der Waals surface area contributed by atoms with Crippen molar-refractivity contribution < 1.29 is 1.43 Å². The Labute approximate surface area is 140 Å². The quantitative estimate of drug-likeness (QED) is 0.544. The van der Waals surface area contributed by atoms with E-state index in [4.69, 9.17) is 0 Å². The van der Waals surface area contributed by atoms with E-state index in [1.54, 1.807) is 11.3 Å². The van der Waals surface area contributed by atoms with E-state index in [0.717, 1.165) is 24.2 Å². The van der Waals surface area contributed by atoms with Crippen LogP contribution in [-0.2, 0) is 19.9 Å². The number of hydrogen-bond acceptors (Lipinski definition) is 3. The molecular weight excluding hydrogens is 302 g/mol. The van der Waals surface area contributed by atoms with Crippen molar-refractivity contribution in [2.45, 2.75) is 12.8 Å². The Morgan fingerprint density at radius 2 is 2.04 bits per heavy atom. The van der Waals surface area contributed by atoms with Gasteiger partial charge in [-0.25, -0.2) is 0 Å². The molecule has 116 valence electrons. The maximum absolute atomic E-state index is 4.62. The summed E-state index contributed by atoms with van der Waals surface area (Å²) in [6.45, 7) is 0. The third kappa shape index (κ3) is 2.66. The number of hydrogen-bond donors (Lipinski definition) is 0. The van der Waals surface area contributed by atoms with E-state index >= 15 is 0 Å². The number of fused-ring (bicyclic) bond motifs is 1. The standard InChI is InChI=1S/C19H17N3S.H2/c1-22-18-7-10-21-17(6-5-15-4-2-3-9-20-15)16(18)12-19(22)14-8-11-23-13-14;/h2-4,7-13H,5-6H2,1H3;1H. The summed E-state index contributed by atoms with van der Waals surface area (Å²) < 4.78 is 2.25. The lowest BCUT2D eigenvalue weighted by Crippen LogP contribution is -1.97. The van der Waals surface area contributed by atoms with E-state index in [-0.39, 0.29) is 1.43 Å². The topological polar surface area (TPSA) is 30.7 Å². The molecule has 0 radical (unpaired) electrons. The van der Waals surface area contributed by atoms with Crippen molar-refractivity contribution >= 4 is 22.2 Å². The van der Waals surface area contributed by atoms with Gasteiger partial charge in [-0.2, -0.15) is 11.3 Å². The first-order chi connectivity index (χ1) is 11.3. The van der Waals surface area contributed by atoms with Gasteiger partial charge in [0.2, 0.25) is 0 Å². The average Bonchev–Trinajstić information content (AvgIpc) is 3.22. The molecule has 0 fully saturated rings. The SMILES string of the molecule is Cn1c(-c2ccsc2)cc2c(CCc3ccccn3)nccc21.[HH]. The van der Waals surface area contributed by atoms with Gasteiger partial charge in [-0.05, 0) is 48.6 Å². The van der Waals surface area contributed by atoms with Gasteiger partial charge in [0.25, 0.3) is 0 Å². The zero-order valence-corrected chi connectivity index (χ0v) is 13.8. The molecule has 4 heteroatoms. The molecule has 4 rings (SSSR count). The Morgan fingerprint density at radius 1 is 1.09 bits per heavy atom. The van der Waals surface area contributed by atoms with Gasteiger partial charge < -0.3 is 4.57 Å². The number of rotatable bonds is 4. The second-order valence-corrected chi connectivity index (χ2v) is 6.39. The molecule has 0 amide bonds. The van der Waals surface area contributed by atoms with Crippen molar-refractivity contribution in [1.82, 2.24) is 14.5 Å². The number of thiophene rings is 1. The van der Waals surface area contributed by atoms with E-state index in [1.165, 1.54) is 22.2 Å². The van der Waals surface area contributed by atoms with Gasteiger partial charge >= 0.3 is 0 Å². The minimum atomic E-state index is 0. The molecule has 0 spiro atoms. The summed E-state index contributed by atoms with van der Waals surface area (Å²) in [5.74, 6) is 0. The molecule has 0 bridgehead atoms. The van der Waals surface area contributed by atoms with E-state index in [2.05, 4.69) is 56.6 Å². The van der Waals surface area contributed by atoms with Crippen molar-refractivity contribution in [2.24, 2.45) is 7.05 Å². The fourth-order valence-electron chi connectivity index (χ4n) is 3.00. The molecule has 4 aromatic rings. The Morgan fingerprint density at radius 3 is 2.83 bits per heavy atom. The van der Waals surface area contributed by atoms with Gasteiger partial charge in [-0.3, -0.25) is 9.97 Å². The summed E-state index contributed by atoms with van der Waals surface area (Å²) >= 11 is 1.73. The molecule has 23 heavy (non-hydrogen) atoms. The summed E-state index contributed by atoms with van der Waals surface area (Å²) in [4.78, 5) is 9.02. The lowest BCUT2D eigenvalue weighted by atomic mass is 10.1. The molecule has 0 saturated heterocycles. The van der Waals surface area contributed by atoms with Crippen LogP contribution in [0.25, 0.3) is 22.2 Å². The van der Waals surface area contributed by atoms with Crippen LogP contribution >= 0.6 is 11.3 Å². The first kappa shape index (κ1) is 14.2. The average molecular weight is 321 g/mol.